The van der Waals surface area contributed by atoms with Crippen LogP contribution in [0.15, 0.2) is 0 Å². The van der Waals surface area contributed by atoms with E-state index in [4.69, 9.17) is 4.74 Å². The van der Waals surface area contributed by atoms with E-state index in [1.807, 2.05) is 13.2 Å². The van der Waals surface area contributed by atoms with Crippen LogP contribution in [0.3, 0.4) is 0 Å². The molecule has 9 heteroatoms. The summed E-state index contributed by atoms with van der Waals surface area (Å²) in [6.07, 6.45) is 1.05. The molecular formula is C6H10ORf7Rh-2. The molecule has 0 bridgehead atoms. The van der Waals surface area contributed by atoms with Crippen molar-refractivity contribution in [2.45, 2.75) is 20.3 Å². The zero-order chi connectivity index (χ0) is 5.33. The van der Waals surface area contributed by atoms with E-state index in [9.17, 15) is 0 Å². The monoisotopic (exact) mass is 2070 g/mol. The van der Waals surface area contributed by atoms with E-state index in [0.29, 0.717) is 5.41 Å². The Balaban J connectivity index is -0.0000000102. The van der Waals surface area contributed by atoms with Gasteiger partial charge in [0.25, 0.3) is 0 Å². The van der Waals surface area contributed by atoms with Gasteiger partial charge in [0, 0.05) is 19.5 Å². The Morgan fingerprint density at radius 1 is 0.867 bits per heavy atom. The Kier molecular flexibility index (Phi) is 2470. The molecule has 15 heavy (non-hydrogen) atoms. The van der Waals surface area contributed by atoms with E-state index in [0.717, 1.165) is 6.42 Å². The minimum Gasteiger partial charge on any atom is -0.713 e. The Bertz CT molecular complexity index is 77.9. The minimum absolute atomic E-state index is 0. The number of hydrogen-bond acceptors (Lipinski definition) is 1. The third-order valence-electron chi connectivity index (χ3n) is 1.09. The first-order valence-corrected chi connectivity index (χ1v) is 2.52. The molecule has 0 amide bonds. The molecule has 0 saturated carbocycles. The molecule has 1 fully saturated rings. The largest absolute Gasteiger partial charge is 0.713 e. The Labute approximate surface area is 63.6 Å². The normalized spacial score (nSPS) is 13.2. The molecule has 0 aromatic carbocycles. The van der Waals surface area contributed by atoms with Crippen molar-refractivity contribution in [3.63, 3.8) is 0 Å². The maximum absolute atomic E-state index is 4.91. The van der Waals surface area contributed by atoms with E-state index in [1.54, 1.807) is 0 Å². The molecule has 0 atom stereocenters. The molecule has 0 aliphatic carbocycles. The SMILES string of the molecule is CC1(C)[CH-]O[CH-]C1.[Rf].[Rf].[Rf].[Rf].[Rf].[Rf].[Rf].[Rh]. The van der Waals surface area contributed by atoms with Gasteiger partial charge in [0.1, 0.15) is 0 Å². The Morgan fingerprint density at radius 3 is 1.27 bits per heavy atom. The quantitative estimate of drug-likeness (QED) is 0.266. The second kappa shape index (κ2) is 25.6. The first-order chi connectivity index (χ1) is 3.21. The van der Waals surface area contributed by atoms with Gasteiger partial charge < -0.3 is 4.74 Å². The molecule has 0 spiro atoms. The van der Waals surface area contributed by atoms with Gasteiger partial charge in [0.05, 0.1) is 0 Å². The molecule has 65 valence electrons. The molecule has 1 rings (SSSR count). The summed E-state index contributed by atoms with van der Waals surface area (Å²) in [6.45, 7) is 8.00. The summed E-state index contributed by atoms with van der Waals surface area (Å²) in [5, 5.41) is 0. The van der Waals surface area contributed by atoms with Crippen molar-refractivity contribution in [3.05, 3.63) is 13.2 Å². The average Bonchev–Trinajstić information content (AvgIpc) is 1.84. The standard InChI is InChI=1S/C6H10O.7Rf.Rh/c1-6(2)3-4-7-5-6;;;;;;;;/h4-5H,3H2,1-2H3;;;;;;;;/q-2;;;;;;;;. The fraction of sp³-hybridized carbons (Fsp3) is 0.667. The molecule has 1 saturated heterocycles. The van der Waals surface area contributed by atoms with Crippen LogP contribution < -0.4 is 0 Å². The van der Waals surface area contributed by atoms with E-state index in [1.165, 1.54) is 0 Å². The van der Waals surface area contributed by atoms with Gasteiger partial charge in [-0.15, -0.1) is 0 Å². The zero-order valence-electron chi connectivity index (χ0n) is 10.1. The number of hydrogen-bond donors (Lipinski definition) is 0. The third kappa shape index (κ3) is 35.4. The van der Waals surface area contributed by atoms with E-state index >= 15 is 0 Å². The van der Waals surface area contributed by atoms with Crippen LogP contribution in [-0.4, -0.2) is 0 Å². The summed E-state index contributed by atoms with van der Waals surface area (Å²) in [5.41, 5.74) is 0.292. The van der Waals surface area contributed by atoms with Gasteiger partial charge in [-0.25, -0.2) is 0 Å². The topological polar surface area (TPSA) is 9.23 Å². The van der Waals surface area contributed by atoms with Crippen LogP contribution in [0.25, 0.3) is 0 Å². The molecule has 0 unspecified atom stereocenters. The van der Waals surface area contributed by atoms with Crippen molar-refractivity contribution in [1.29, 1.82) is 0 Å². The van der Waals surface area contributed by atoms with Gasteiger partial charge in [-0.05, 0) is 0 Å². The molecule has 1 aliphatic rings. The molecule has 1 heterocycles. The van der Waals surface area contributed by atoms with Crippen molar-refractivity contribution >= 4 is 0 Å². The zero-order valence-corrected chi connectivity index (χ0v) is 56.5. The maximum atomic E-state index is 4.91. The summed E-state index contributed by atoms with van der Waals surface area (Å²) >= 11 is 0. The summed E-state index contributed by atoms with van der Waals surface area (Å²) in [5.74, 6) is 0. The van der Waals surface area contributed by atoms with E-state index in [2.05, 4.69) is 13.8 Å². The van der Waals surface area contributed by atoms with Crippen molar-refractivity contribution < 1.29 is 24.2 Å². The molecule has 1 nitrogen and oxygen atoms in total. The van der Waals surface area contributed by atoms with Crippen LogP contribution in [0.4, 0.5) is 0 Å². The van der Waals surface area contributed by atoms with E-state index in [-0.39, 0.29) is 19.5 Å². The van der Waals surface area contributed by atoms with E-state index < -0.39 is 0 Å². The van der Waals surface area contributed by atoms with Crippen LogP contribution in [0, 0.1) is 18.6 Å². The average molecular weight is 2070 g/mol. The Morgan fingerprint density at radius 2 is 1.20 bits per heavy atom. The van der Waals surface area contributed by atoms with Gasteiger partial charge in [0.2, 0.25) is 0 Å². The first-order valence-electron chi connectivity index (χ1n) is 2.52. The van der Waals surface area contributed by atoms with Crippen molar-refractivity contribution in [3.8, 4) is 0 Å². The predicted octanol–water partition coefficient (Wildman–Crippen LogP) is 1.75. The number of rotatable bonds is 0. The van der Waals surface area contributed by atoms with Crippen molar-refractivity contribution in [2.75, 3.05) is 0 Å². The van der Waals surface area contributed by atoms with Gasteiger partial charge in [-0.2, -0.15) is 11.8 Å². The molecule has 0 N–H and O–H groups in total. The molecule has 1 aliphatic heterocycles. The molecule has 0 aromatic heterocycles. The van der Waals surface area contributed by atoms with Crippen LogP contribution in [0.2, 0.25) is 0 Å². The van der Waals surface area contributed by atoms with Crippen LogP contribution in [-0.2, 0) is 24.2 Å². The fourth-order valence-electron chi connectivity index (χ4n) is 0.543. The van der Waals surface area contributed by atoms with Crippen molar-refractivity contribution in [2.24, 2.45) is 5.41 Å². The predicted molar refractivity (Wildman–Crippen MR) is 28.1 cm³/mol. The second-order valence-electron chi connectivity index (χ2n) is 2.61. The van der Waals surface area contributed by atoms with Gasteiger partial charge >= 0.3 is 0 Å². The fourth-order valence-corrected chi connectivity index (χ4v) is 0.543. The van der Waals surface area contributed by atoms with Gasteiger partial charge in [-0.1, -0.05) is 13.8 Å². The minimum atomic E-state index is 0. The summed E-state index contributed by atoms with van der Waals surface area (Å²) in [7, 11) is 0. The molecular weight excluding hydrogens is 2060 g/mol. The smallest absolute Gasteiger partial charge is 0 e. The summed E-state index contributed by atoms with van der Waals surface area (Å²) < 4.78 is 4.91. The van der Waals surface area contributed by atoms with Gasteiger partial charge in [-0.3, -0.25) is 13.2 Å². The third-order valence-corrected chi connectivity index (χ3v) is 1.09. The van der Waals surface area contributed by atoms with Crippen LogP contribution in [0.1, 0.15) is 20.3 Å². The Hall–Kier alpha value is -6.42. The first kappa shape index (κ1) is 1450. The van der Waals surface area contributed by atoms with Crippen molar-refractivity contribution in [1.82, 2.24) is 0 Å². The second-order valence-corrected chi connectivity index (χ2v) is 2.61. The maximum Gasteiger partial charge on any atom is 0 e. The number of ether oxygens (including phenoxy) is 1. The summed E-state index contributed by atoms with van der Waals surface area (Å²) in [6, 6.07) is 0. The van der Waals surface area contributed by atoms with Gasteiger partial charge in [0.15, 0.2) is 0 Å². The molecule has 0 aromatic rings. The van der Waals surface area contributed by atoms with Crippen LogP contribution >= 0.6 is 0 Å². The molecule has 1 radical (unpaired) electrons. The van der Waals surface area contributed by atoms with Crippen LogP contribution in [0.5, 0.6) is 0 Å². The summed E-state index contributed by atoms with van der Waals surface area (Å²) in [4.78, 5) is 0.